The molecule has 3 saturated heterocycles. The molecule has 174 valence electrons. The fourth-order valence-corrected chi connectivity index (χ4v) is 7.94. The Balaban J connectivity index is 1.75. The molecule has 2 bridgehead atoms. The minimum atomic E-state index is -0.733. The van der Waals surface area contributed by atoms with Gasteiger partial charge in [0.05, 0.1) is 35.8 Å². The number of ether oxygens (including phenoxy) is 1. The van der Waals surface area contributed by atoms with Gasteiger partial charge in [0.1, 0.15) is 6.04 Å². The van der Waals surface area contributed by atoms with Gasteiger partial charge in [0.15, 0.2) is 0 Å². The van der Waals surface area contributed by atoms with Crippen molar-refractivity contribution in [3.8, 4) is 0 Å². The SMILES string of the molecule is CCCCNC(=O)C1N([C@H](CO)c2ccccc2)C(=O)[C@@H]2[C@H](C(=O)OCC)[C@@H]3CCC12S3. The van der Waals surface area contributed by atoms with Gasteiger partial charge in [-0.1, -0.05) is 43.7 Å². The summed E-state index contributed by atoms with van der Waals surface area (Å²) in [5.41, 5.74) is 0.776. The number of likely N-dealkylation sites (tertiary alicyclic amines) is 1. The van der Waals surface area contributed by atoms with Crippen molar-refractivity contribution in [1.82, 2.24) is 10.2 Å². The van der Waals surface area contributed by atoms with Crippen molar-refractivity contribution < 1.29 is 24.2 Å². The van der Waals surface area contributed by atoms with Crippen molar-refractivity contribution in [1.29, 1.82) is 0 Å². The minimum absolute atomic E-state index is 0.0135. The molecule has 2 unspecified atom stereocenters. The van der Waals surface area contributed by atoms with Gasteiger partial charge >= 0.3 is 5.97 Å². The Morgan fingerprint density at radius 3 is 2.72 bits per heavy atom. The molecule has 1 spiro atoms. The lowest BCUT2D eigenvalue weighted by atomic mass is 9.71. The molecule has 2 amide bonds. The third-order valence-corrected chi connectivity index (χ3v) is 9.02. The predicted molar refractivity (Wildman–Crippen MR) is 122 cm³/mol. The second-order valence-electron chi connectivity index (χ2n) is 8.81. The van der Waals surface area contributed by atoms with Crippen LogP contribution in [0.25, 0.3) is 0 Å². The summed E-state index contributed by atoms with van der Waals surface area (Å²) < 4.78 is 4.67. The third-order valence-electron chi connectivity index (χ3n) is 7.07. The quantitative estimate of drug-likeness (QED) is 0.434. The van der Waals surface area contributed by atoms with Gasteiger partial charge in [-0.25, -0.2) is 0 Å². The van der Waals surface area contributed by atoms with E-state index in [2.05, 4.69) is 12.2 Å². The normalized spacial score (nSPS) is 31.5. The van der Waals surface area contributed by atoms with Crippen LogP contribution in [-0.4, -0.2) is 63.6 Å². The van der Waals surface area contributed by atoms with E-state index in [1.54, 1.807) is 23.6 Å². The molecule has 3 aliphatic heterocycles. The Morgan fingerprint density at radius 1 is 1.31 bits per heavy atom. The summed E-state index contributed by atoms with van der Waals surface area (Å²) in [6.07, 6.45) is 3.28. The summed E-state index contributed by atoms with van der Waals surface area (Å²) in [5.74, 6) is -1.92. The number of fused-ring (bicyclic) bond motifs is 1. The van der Waals surface area contributed by atoms with E-state index in [9.17, 15) is 19.5 Å². The lowest BCUT2D eigenvalue weighted by Crippen LogP contribution is -2.54. The van der Waals surface area contributed by atoms with E-state index in [1.165, 1.54) is 0 Å². The zero-order valence-electron chi connectivity index (χ0n) is 18.7. The first-order chi connectivity index (χ1) is 15.5. The van der Waals surface area contributed by atoms with E-state index >= 15 is 0 Å². The van der Waals surface area contributed by atoms with Crippen molar-refractivity contribution in [3.05, 3.63) is 35.9 Å². The summed E-state index contributed by atoms with van der Waals surface area (Å²) >= 11 is 1.61. The summed E-state index contributed by atoms with van der Waals surface area (Å²) in [5, 5.41) is 13.3. The Kier molecular flexibility index (Phi) is 6.81. The molecular formula is C24H32N2O5S. The van der Waals surface area contributed by atoms with Crippen LogP contribution in [0.5, 0.6) is 0 Å². The van der Waals surface area contributed by atoms with E-state index in [4.69, 9.17) is 4.74 Å². The Hall–Kier alpha value is -2.06. The predicted octanol–water partition coefficient (Wildman–Crippen LogP) is 2.29. The molecule has 32 heavy (non-hydrogen) atoms. The number of nitrogens with zero attached hydrogens (tertiary/aromatic N) is 1. The number of esters is 1. The maximum Gasteiger partial charge on any atom is 0.310 e. The van der Waals surface area contributed by atoms with Gasteiger partial charge in [-0.15, -0.1) is 11.8 Å². The molecule has 0 aliphatic carbocycles. The summed E-state index contributed by atoms with van der Waals surface area (Å²) in [4.78, 5) is 41.9. The van der Waals surface area contributed by atoms with E-state index < -0.39 is 28.7 Å². The first kappa shape index (κ1) is 23.1. The standard InChI is InChI=1S/C24H32N2O5S/c1-3-5-13-25-21(28)20-24-12-11-17(32-24)18(23(30)31-4-2)19(24)22(29)26(20)16(14-27)15-9-7-6-8-10-15/h6-10,16-20,27H,3-5,11-14H2,1-2H3,(H,25,28)/t16-,17+,18-,19+,20?,24?/m1/s1. The molecule has 3 aliphatic rings. The number of hydrogen-bond donors (Lipinski definition) is 2. The van der Waals surface area contributed by atoms with Crippen molar-refractivity contribution in [3.63, 3.8) is 0 Å². The molecule has 7 nitrogen and oxygen atoms in total. The Bertz CT molecular complexity index is 865. The number of carbonyl (C=O) groups is 3. The van der Waals surface area contributed by atoms with Gasteiger partial charge in [0.25, 0.3) is 0 Å². The number of aliphatic hydroxyl groups is 1. The number of amides is 2. The number of hydrogen-bond acceptors (Lipinski definition) is 6. The van der Waals surface area contributed by atoms with Crippen molar-refractivity contribution in [2.45, 2.75) is 61.6 Å². The lowest BCUT2D eigenvalue weighted by molar-refractivity contribution is -0.154. The third kappa shape index (κ3) is 3.61. The number of carbonyl (C=O) groups excluding carboxylic acids is 3. The molecule has 6 atom stereocenters. The number of aliphatic hydroxyl groups excluding tert-OH is 1. The molecule has 0 saturated carbocycles. The maximum atomic E-state index is 13.9. The topological polar surface area (TPSA) is 95.9 Å². The van der Waals surface area contributed by atoms with Crippen LogP contribution in [0, 0.1) is 11.8 Å². The van der Waals surface area contributed by atoms with Crippen LogP contribution < -0.4 is 5.32 Å². The molecule has 8 heteroatoms. The average molecular weight is 461 g/mol. The maximum absolute atomic E-state index is 13.9. The number of unbranched alkanes of at least 4 members (excludes halogenated alkanes) is 1. The highest BCUT2D eigenvalue weighted by Gasteiger charge is 2.74. The summed E-state index contributed by atoms with van der Waals surface area (Å²) in [7, 11) is 0. The molecule has 0 aromatic heterocycles. The molecule has 2 N–H and O–H groups in total. The summed E-state index contributed by atoms with van der Waals surface area (Å²) in [6, 6.07) is 7.93. The highest BCUT2D eigenvalue weighted by molar-refractivity contribution is 8.02. The number of nitrogens with one attached hydrogen (secondary N) is 1. The van der Waals surface area contributed by atoms with Gasteiger partial charge in [-0.2, -0.15) is 0 Å². The minimum Gasteiger partial charge on any atom is -0.466 e. The molecule has 3 heterocycles. The van der Waals surface area contributed by atoms with Crippen LogP contribution in [0.1, 0.15) is 51.1 Å². The molecule has 0 radical (unpaired) electrons. The van der Waals surface area contributed by atoms with E-state index in [1.807, 2.05) is 30.3 Å². The zero-order valence-corrected chi connectivity index (χ0v) is 19.5. The zero-order chi connectivity index (χ0) is 22.9. The van der Waals surface area contributed by atoms with Crippen molar-refractivity contribution in [2.24, 2.45) is 11.8 Å². The van der Waals surface area contributed by atoms with Crippen molar-refractivity contribution >= 4 is 29.5 Å². The highest BCUT2D eigenvalue weighted by Crippen LogP contribution is 2.67. The molecule has 3 fully saturated rings. The molecule has 1 aromatic rings. The largest absolute Gasteiger partial charge is 0.466 e. The Morgan fingerprint density at radius 2 is 2.06 bits per heavy atom. The van der Waals surface area contributed by atoms with Crippen LogP contribution in [0.4, 0.5) is 0 Å². The first-order valence-corrected chi connectivity index (χ1v) is 12.5. The van der Waals surface area contributed by atoms with Gasteiger partial charge in [0.2, 0.25) is 11.8 Å². The number of thioether (sulfide) groups is 1. The first-order valence-electron chi connectivity index (χ1n) is 11.6. The van der Waals surface area contributed by atoms with Crippen molar-refractivity contribution in [2.75, 3.05) is 19.8 Å². The number of rotatable bonds is 9. The second kappa shape index (κ2) is 9.43. The molecule has 4 rings (SSSR count). The van der Waals surface area contributed by atoms with Gasteiger partial charge in [0, 0.05) is 11.8 Å². The van der Waals surface area contributed by atoms with E-state index in [-0.39, 0.29) is 36.2 Å². The Labute approximate surface area is 193 Å². The van der Waals surface area contributed by atoms with Gasteiger partial charge in [-0.3, -0.25) is 14.4 Å². The van der Waals surface area contributed by atoms with Crippen LogP contribution in [0.2, 0.25) is 0 Å². The second-order valence-corrected chi connectivity index (χ2v) is 10.4. The smallest absolute Gasteiger partial charge is 0.310 e. The van der Waals surface area contributed by atoms with E-state index in [0.29, 0.717) is 13.0 Å². The summed E-state index contributed by atoms with van der Waals surface area (Å²) in [6.45, 7) is 4.32. The van der Waals surface area contributed by atoms with Crippen LogP contribution in [0.3, 0.4) is 0 Å². The highest BCUT2D eigenvalue weighted by atomic mass is 32.2. The fraction of sp³-hybridized carbons (Fsp3) is 0.625. The molecule has 1 aromatic carbocycles. The molecular weight excluding hydrogens is 428 g/mol. The average Bonchev–Trinajstić information content (AvgIpc) is 3.43. The van der Waals surface area contributed by atoms with Crippen LogP contribution in [-0.2, 0) is 19.1 Å². The van der Waals surface area contributed by atoms with E-state index in [0.717, 1.165) is 24.8 Å². The van der Waals surface area contributed by atoms with Gasteiger partial charge in [-0.05, 0) is 31.7 Å². The van der Waals surface area contributed by atoms with Crippen LogP contribution in [0.15, 0.2) is 30.3 Å². The fourth-order valence-electron chi connectivity index (χ4n) is 5.75. The van der Waals surface area contributed by atoms with Gasteiger partial charge < -0.3 is 20.1 Å². The lowest BCUT2D eigenvalue weighted by Gasteiger charge is -2.37. The number of benzene rings is 1. The van der Waals surface area contributed by atoms with Crippen LogP contribution >= 0.6 is 11.8 Å². The monoisotopic (exact) mass is 460 g/mol.